The Bertz CT molecular complexity index is 1540. The van der Waals surface area contributed by atoms with Crippen LogP contribution in [-0.4, -0.2) is 38.5 Å². The Morgan fingerprint density at radius 3 is 2.50 bits per heavy atom. The van der Waals surface area contributed by atoms with Gasteiger partial charge in [0, 0.05) is 15.6 Å². The summed E-state index contributed by atoms with van der Waals surface area (Å²) in [6.07, 6.45) is 1.76. The van der Waals surface area contributed by atoms with Crippen molar-refractivity contribution in [2.45, 2.75) is 19.9 Å². The third kappa shape index (κ3) is 4.70. The van der Waals surface area contributed by atoms with Gasteiger partial charge in [0.25, 0.3) is 5.56 Å². The molecule has 0 bridgehead atoms. The maximum Gasteiger partial charge on any atom is 0.338 e. The Labute approximate surface area is 220 Å². The minimum Gasteiger partial charge on any atom is -0.497 e. The van der Waals surface area contributed by atoms with Crippen molar-refractivity contribution < 1.29 is 23.7 Å². The number of ether oxygens (including phenoxy) is 4. The molecule has 2 aromatic carbocycles. The monoisotopic (exact) mass is 572 g/mol. The number of thiazole rings is 1. The predicted molar refractivity (Wildman–Crippen MR) is 141 cm³/mol. The van der Waals surface area contributed by atoms with Gasteiger partial charge in [-0.2, -0.15) is 0 Å². The minimum atomic E-state index is -0.822. The van der Waals surface area contributed by atoms with Crippen molar-refractivity contribution in [2.75, 3.05) is 27.9 Å². The second-order valence-electron chi connectivity index (χ2n) is 7.80. The third-order valence-electron chi connectivity index (χ3n) is 5.73. The number of allylic oxidation sites excluding steroid dienone is 1. The summed E-state index contributed by atoms with van der Waals surface area (Å²) >= 11 is 4.71. The van der Waals surface area contributed by atoms with E-state index in [1.807, 2.05) is 18.2 Å². The largest absolute Gasteiger partial charge is 0.497 e. The SMILES string of the molecule is CCOC(=O)C1=C(C)N=c2s/c(=C/c3cc(Br)ccc3OC)c(=O)n2C1c1cc(OC)ccc1OC. The summed E-state index contributed by atoms with van der Waals surface area (Å²) in [7, 11) is 4.66. The average molecular weight is 573 g/mol. The molecular formula is C26H25BrN2O6S. The zero-order valence-corrected chi connectivity index (χ0v) is 22.9. The van der Waals surface area contributed by atoms with Crippen LogP contribution in [0.4, 0.5) is 0 Å². The van der Waals surface area contributed by atoms with Gasteiger partial charge in [-0.15, -0.1) is 0 Å². The van der Waals surface area contributed by atoms with Crippen molar-refractivity contribution in [3.63, 3.8) is 0 Å². The number of carbonyl (C=O) groups excluding carboxylic acids is 1. The molecule has 1 aliphatic heterocycles. The van der Waals surface area contributed by atoms with Gasteiger partial charge in [-0.05, 0) is 56.3 Å². The maximum absolute atomic E-state index is 13.9. The Kier molecular flexibility index (Phi) is 7.65. The van der Waals surface area contributed by atoms with E-state index in [4.69, 9.17) is 18.9 Å². The summed E-state index contributed by atoms with van der Waals surface area (Å²) in [6.45, 7) is 3.65. The number of rotatable bonds is 7. The molecule has 0 fully saturated rings. The highest BCUT2D eigenvalue weighted by molar-refractivity contribution is 9.10. The van der Waals surface area contributed by atoms with Crippen LogP contribution in [0, 0.1) is 0 Å². The first kappa shape index (κ1) is 25.7. The number of esters is 1. The van der Waals surface area contributed by atoms with Crippen LogP contribution < -0.4 is 29.1 Å². The first-order valence-corrected chi connectivity index (χ1v) is 12.7. The Morgan fingerprint density at radius 2 is 1.83 bits per heavy atom. The number of halogens is 1. The number of carbonyl (C=O) groups is 1. The van der Waals surface area contributed by atoms with Crippen molar-refractivity contribution in [3.8, 4) is 17.2 Å². The predicted octanol–water partition coefficient (Wildman–Crippen LogP) is 3.59. The molecule has 1 aliphatic rings. The fraction of sp³-hybridized carbons (Fsp3) is 0.269. The molecule has 1 unspecified atom stereocenters. The first-order chi connectivity index (χ1) is 17.3. The number of benzene rings is 2. The van der Waals surface area contributed by atoms with E-state index >= 15 is 0 Å². The lowest BCUT2D eigenvalue weighted by molar-refractivity contribution is -0.139. The van der Waals surface area contributed by atoms with E-state index in [9.17, 15) is 9.59 Å². The molecule has 0 aliphatic carbocycles. The zero-order chi connectivity index (χ0) is 26.0. The number of methoxy groups -OCH3 is 3. The molecule has 4 rings (SSSR count). The molecule has 10 heteroatoms. The summed E-state index contributed by atoms with van der Waals surface area (Å²) in [6, 6.07) is 9.99. The Morgan fingerprint density at radius 1 is 1.11 bits per heavy atom. The standard InChI is InChI=1S/C26H25BrN2O6S/c1-6-35-25(31)22-14(2)28-26-29(23(22)18-13-17(32-3)8-10-20(18)34-5)24(30)21(36-26)12-15-11-16(27)7-9-19(15)33-4/h7-13,23H,6H2,1-5H3/b21-12+. The Balaban J connectivity index is 2.03. The second kappa shape index (κ2) is 10.7. The van der Waals surface area contributed by atoms with Crippen LogP contribution in [0.25, 0.3) is 6.08 Å². The maximum atomic E-state index is 13.9. The van der Waals surface area contributed by atoms with E-state index in [0.29, 0.717) is 37.8 Å². The number of hydrogen-bond donors (Lipinski definition) is 0. The van der Waals surface area contributed by atoms with Crippen molar-refractivity contribution >= 4 is 39.3 Å². The van der Waals surface area contributed by atoms with Crippen molar-refractivity contribution in [1.29, 1.82) is 0 Å². The summed E-state index contributed by atoms with van der Waals surface area (Å²) < 4.78 is 24.7. The van der Waals surface area contributed by atoms with Crippen LogP contribution in [0.5, 0.6) is 17.2 Å². The first-order valence-electron chi connectivity index (χ1n) is 11.1. The van der Waals surface area contributed by atoms with Gasteiger partial charge in [-0.25, -0.2) is 9.79 Å². The van der Waals surface area contributed by atoms with E-state index in [-0.39, 0.29) is 17.7 Å². The molecule has 1 aromatic heterocycles. The van der Waals surface area contributed by atoms with Crippen LogP contribution in [0.3, 0.4) is 0 Å². The number of hydrogen-bond acceptors (Lipinski definition) is 8. The summed E-state index contributed by atoms with van der Waals surface area (Å²) in [4.78, 5) is 32.1. The van der Waals surface area contributed by atoms with Gasteiger partial charge in [-0.3, -0.25) is 9.36 Å². The molecule has 0 amide bonds. The highest BCUT2D eigenvalue weighted by Gasteiger charge is 2.35. The number of nitrogens with zero attached hydrogens (tertiary/aromatic N) is 2. The van der Waals surface area contributed by atoms with Gasteiger partial charge in [0.1, 0.15) is 23.3 Å². The average Bonchev–Trinajstić information content (AvgIpc) is 3.17. The fourth-order valence-electron chi connectivity index (χ4n) is 4.10. The molecule has 0 spiro atoms. The zero-order valence-electron chi connectivity index (χ0n) is 20.5. The lowest BCUT2D eigenvalue weighted by Gasteiger charge is -2.26. The van der Waals surface area contributed by atoms with Gasteiger partial charge in [-0.1, -0.05) is 27.3 Å². The lowest BCUT2D eigenvalue weighted by Crippen LogP contribution is -2.40. The van der Waals surface area contributed by atoms with E-state index in [0.717, 1.165) is 10.0 Å². The summed E-state index contributed by atoms with van der Waals surface area (Å²) in [5, 5.41) is 0. The van der Waals surface area contributed by atoms with Crippen LogP contribution in [0.15, 0.2) is 61.9 Å². The molecule has 0 radical (unpaired) electrons. The van der Waals surface area contributed by atoms with Gasteiger partial charge in [0.2, 0.25) is 0 Å². The molecule has 188 valence electrons. The molecule has 3 aromatic rings. The van der Waals surface area contributed by atoms with Crippen molar-refractivity contribution in [3.05, 3.63) is 83.0 Å². The molecule has 8 nitrogen and oxygen atoms in total. The number of aromatic nitrogens is 1. The van der Waals surface area contributed by atoms with Crippen molar-refractivity contribution in [2.24, 2.45) is 4.99 Å². The molecule has 1 atom stereocenters. The molecular weight excluding hydrogens is 548 g/mol. The molecule has 0 N–H and O–H groups in total. The minimum absolute atomic E-state index is 0.185. The van der Waals surface area contributed by atoms with Gasteiger partial charge >= 0.3 is 5.97 Å². The fourth-order valence-corrected chi connectivity index (χ4v) is 5.51. The van der Waals surface area contributed by atoms with Crippen LogP contribution >= 0.6 is 27.3 Å². The molecule has 0 saturated heterocycles. The van der Waals surface area contributed by atoms with E-state index in [1.54, 1.807) is 52.3 Å². The van der Waals surface area contributed by atoms with E-state index in [1.165, 1.54) is 23.0 Å². The normalized spacial score (nSPS) is 15.3. The van der Waals surface area contributed by atoms with Gasteiger partial charge < -0.3 is 18.9 Å². The van der Waals surface area contributed by atoms with E-state index < -0.39 is 12.0 Å². The number of fused-ring (bicyclic) bond motifs is 1. The van der Waals surface area contributed by atoms with Crippen LogP contribution in [-0.2, 0) is 9.53 Å². The van der Waals surface area contributed by atoms with Gasteiger partial charge in [0.05, 0.1) is 43.7 Å². The second-order valence-corrected chi connectivity index (χ2v) is 9.72. The van der Waals surface area contributed by atoms with Gasteiger partial charge in [0.15, 0.2) is 4.80 Å². The van der Waals surface area contributed by atoms with Crippen molar-refractivity contribution in [1.82, 2.24) is 4.57 Å². The lowest BCUT2D eigenvalue weighted by atomic mass is 9.94. The summed E-state index contributed by atoms with van der Waals surface area (Å²) in [5.74, 6) is 1.14. The highest BCUT2D eigenvalue weighted by atomic mass is 79.9. The highest BCUT2D eigenvalue weighted by Crippen LogP contribution is 2.37. The van der Waals surface area contributed by atoms with E-state index in [2.05, 4.69) is 20.9 Å². The molecule has 2 heterocycles. The smallest absolute Gasteiger partial charge is 0.338 e. The quantitative estimate of drug-likeness (QED) is 0.402. The molecule has 0 saturated carbocycles. The molecule has 36 heavy (non-hydrogen) atoms. The Hall–Kier alpha value is -3.37. The topological polar surface area (TPSA) is 88.4 Å². The van der Waals surface area contributed by atoms with Crippen LogP contribution in [0.2, 0.25) is 0 Å². The third-order valence-corrected chi connectivity index (χ3v) is 7.20. The summed E-state index contributed by atoms with van der Waals surface area (Å²) in [5.41, 5.74) is 1.75. The van der Waals surface area contributed by atoms with Crippen LogP contribution in [0.1, 0.15) is 31.0 Å².